The molecule has 1 fully saturated rings. The zero-order chi connectivity index (χ0) is 21.1. The van der Waals surface area contributed by atoms with Gasteiger partial charge in [-0.15, -0.1) is 0 Å². The van der Waals surface area contributed by atoms with Gasteiger partial charge in [-0.05, 0) is 41.0 Å². The van der Waals surface area contributed by atoms with E-state index in [1.54, 1.807) is 25.4 Å². The summed E-state index contributed by atoms with van der Waals surface area (Å²) in [7, 11) is 1.63. The first kappa shape index (κ1) is 19.6. The number of carbonyl (C=O) groups is 1. The van der Waals surface area contributed by atoms with Crippen LogP contribution in [0.1, 0.15) is 21.8 Å². The number of rotatable bonds is 5. The van der Waals surface area contributed by atoms with Crippen molar-refractivity contribution in [2.45, 2.75) is 18.0 Å². The number of benzene rings is 2. The van der Waals surface area contributed by atoms with Crippen molar-refractivity contribution in [1.29, 1.82) is 5.26 Å². The van der Waals surface area contributed by atoms with Gasteiger partial charge in [-0.2, -0.15) is 5.26 Å². The average Bonchev–Trinajstić information content (AvgIpc) is 2.80. The van der Waals surface area contributed by atoms with Crippen molar-refractivity contribution in [2.24, 2.45) is 0 Å². The molecular formula is C24H21N3O3. The van der Waals surface area contributed by atoms with E-state index in [0.717, 1.165) is 22.4 Å². The zero-order valence-electron chi connectivity index (χ0n) is 16.5. The molecule has 3 aromatic rings. The Balaban J connectivity index is 1.57. The topological polar surface area (TPSA) is 86.5 Å². The molecule has 0 spiro atoms. The fourth-order valence-corrected chi connectivity index (χ4v) is 4.01. The number of carbonyl (C=O) groups excluding carboxylic acids is 1. The van der Waals surface area contributed by atoms with Gasteiger partial charge in [-0.1, -0.05) is 36.4 Å². The fraction of sp³-hybridized carbons (Fsp3) is 0.208. The van der Waals surface area contributed by atoms with Gasteiger partial charge in [-0.3, -0.25) is 9.78 Å². The number of ether oxygens (including phenoxy) is 1. The summed E-state index contributed by atoms with van der Waals surface area (Å²) in [4.78, 5) is 18.3. The van der Waals surface area contributed by atoms with Crippen LogP contribution in [0.5, 0.6) is 5.75 Å². The van der Waals surface area contributed by atoms with E-state index in [1.165, 1.54) is 11.1 Å². The third kappa shape index (κ3) is 3.40. The molecule has 0 unspecified atom stereocenters. The van der Waals surface area contributed by atoms with Gasteiger partial charge in [0.05, 0.1) is 31.4 Å². The number of aliphatic hydroxyl groups excluding tert-OH is 1. The van der Waals surface area contributed by atoms with Crippen LogP contribution in [0.4, 0.5) is 0 Å². The molecule has 1 aromatic heterocycles. The minimum Gasteiger partial charge on any atom is -0.497 e. The van der Waals surface area contributed by atoms with Crippen LogP contribution in [0, 0.1) is 11.3 Å². The first-order valence-corrected chi connectivity index (χ1v) is 9.65. The van der Waals surface area contributed by atoms with E-state index < -0.39 is 12.1 Å². The normalized spacial score (nSPS) is 20.2. The highest BCUT2D eigenvalue weighted by Crippen LogP contribution is 2.41. The lowest BCUT2D eigenvalue weighted by Crippen LogP contribution is -2.65. The molecule has 0 aliphatic carbocycles. The molecule has 0 bridgehead atoms. The predicted molar refractivity (Wildman–Crippen MR) is 112 cm³/mol. The van der Waals surface area contributed by atoms with Crippen LogP contribution in [0.25, 0.3) is 11.1 Å². The number of aliphatic hydroxyl groups is 1. The van der Waals surface area contributed by atoms with Gasteiger partial charge in [-0.25, -0.2) is 0 Å². The van der Waals surface area contributed by atoms with E-state index in [0.29, 0.717) is 5.56 Å². The summed E-state index contributed by atoms with van der Waals surface area (Å²) in [6, 6.07) is 20.2. The number of likely N-dealkylation sites (tertiary alicyclic amines) is 1. The van der Waals surface area contributed by atoms with Crippen LogP contribution in [-0.4, -0.2) is 46.7 Å². The Morgan fingerprint density at radius 2 is 1.80 bits per heavy atom. The van der Waals surface area contributed by atoms with E-state index >= 15 is 0 Å². The van der Waals surface area contributed by atoms with E-state index in [-0.39, 0.29) is 18.4 Å². The number of methoxy groups -OCH3 is 1. The standard InChI is InChI=1S/C24H21N3O3/c1-30-20-10-8-17(9-11-20)16-4-6-18(7-5-16)23-21(13-25)27(22(23)15-28)24(29)19-3-2-12-26-14-19/h2-12,14,21-23,28H,15H2,1H3/t21-,22+,23-/m1/s1. The van der Waals surface area contributed by atoms with Gasteiger partial charge in [0.25, 0.3) is 5.91 Å². The van der Waals surface area contributed by atoms with Crippen LogP contribution in [0.15, 0.2) is 73.1 Å². The second-order valence-electron chi connectivity index (χ2n) is 7.15. The highest BCUT2D eigenvalue weighted by atomic mass is 16.5. The molecule has 30 heavy (non-hydrogen) atoms. The number of hydrogen-bond acceptors (Lipinski definition) is 5. The quantitative estimate of drug-likeness (QED) is 0.712. The lowest BCUT2D eigenvalue weighted by molar-refractivity contribution is -0.00588. The summed E-state index contributed by atoms with van der Waals surface area (Å²) >= 11 is 0. The number of amides is 1. The molecule has 1 aliphatic rings. The Morgan fingerprint density at radius 1 is 1.13 bits per heavy atom. The van der Waals surface area contributed by atoms with Crippen LogP contribution in [0.2, 0.25) is 0 Å². The molecule has 1 amide bonds. The van der Waals surface area contributed by atoms with Crippen molar-refractivity contribution in [3.63, 3.8) is 0 Å². The smallest absolute Gasteiger partial charge is 0.256 e. The maximum Gasteiger partial charge on any atom is 0.256 e. The number of aromatic nitrogens is 1. The lowest BCUT2D eigenvalue weighted by Gasteiger charge is -2.51. The summed E-state index contributed by atoms with van der Waals surface area (Å²) in [5.74, 6) is 0.260. The largest absolute Gasteiger partial charge is 0.497 e. The lowest BCUT2D eigenvalue weighted by atomic mass is 9.75. The Hall–Kier alpha value is -3.69. The van der Waals surface area contributed by atoms with Crippen molar-refractivity contribution in [2.75, 3.05) is 13.7 Å². The summed E-state index contributed by atoms with van der Waals surface area (Å²) in [5, 5.41) is 19.7. The van der Waals surface area contributed by atoms with Crippen LogP contribution >= 0.6 is 0 Å². The third-order valence-corrected chi connectivity index (χ3v) is 5.59. The van der Waals surface area contributed by atoms with Crippen molar-refractivity contribution in [3.05, 3.63) is 84.2 Å². The minimum atomic E-state index is -0.637. The molecule has 150 valence electrons. The van der Waals surface area contributed by atoms with Gasteiger partial charge in [0.2, 0.25) is 0 Å². The molecule has 0 saturated carbocycles. The molecule has 2 aromatic carbocycles. The number of pyridine rings is 1. The van der Waals surface area contributed by atoms with Gasteiger partial charge >= 0.3 is 0 Å². The van der Waals surface area contributed by atoms with Crippen LogP contribution < -0.4 is 4.74 Å². The molecule has 1 N–H and O–H groups in total. The molecule has 1 aliphatic heterocycles. The molecule has 1 saturated heterocycles. The minimum absolute atomic E-state index is 0.213. The van der Waals surface area contributed by atoms with Gasteiger partial charge in [0.15, 0.2) is 0 Å². The second-order valence-corrected chi connectivity index (χ2v) is 7.15. The van der Waals surface area contributed by atoms with Gasteiger partial charge in [0.1, 0.15) is 11.8 Å². The van der Waals surface area contributed by atoms with Crippen LogP contribution in [0.3, 0.4) is 0 Å². The summed E-state index contributed by atoms with van der Waals surface area (Å²) in [6.45, 7) is -0.213. The maximum atomic E-state index is 12.8. The first-order chi connectivity index (χ1) is 14.7. The second kappa shape index (κ2) is 8.36. The van der Waals surface area contributed by atoms with Gasteiger partial charge in [0, 0.05) is 18.3 Å². The molecule has 4 rings (SSSR count). The van der Waals surface area contributed by atoms with Crippen molar-refractivity contribution in [1.82, 2.24) is 9.88 Å². The zero-order valence-corrected chi connectivity index (χ0v) is 16.5. The SMILES string of the molecule is COc1ccc(-c2ccc([C@@H]3[C@@H](C#N)N(C(=O)c4cccnc4)[C@H]3CO)cc2)cc1. The highest BCUT2D eigenvalue weighted by Gasteiger charge is 2.51. The van der Waals surface area contributed by atoms with E-state index in [1.807, 2.05) is 48.5 Å². The first-order valence-electron chi connectivity index (χ1n) is 9.65. The highest BCUT2D eigenvalue weighted by molar-refractivity contribution is 5.95. The summed E-state index contributed by atoms with van der Waals surface area (Å²) < 4.78 is 5.20. The van der Waals surface area contributed by atoms with Crippen molar-refractivity contribution >= 4 is 5.91 Å². The Morgan fingerprint density at radius 3 is 2.33 bits per heavy atom. The molecule has 0 radical (unpaired) electrons. The van der Waals surface area contributed by atoms with Crippen molar-refractivity contribution in [3.8, 4) is 22.9 Å². The number of hydrogen-bond donors (Lipinski definition) is 1. The van der Waals surface area contributed by atoms with Crippen LogP contribution in [-0.2, 0) is 0 Å². The van der Waals surface area contributed by atoms with E-state index in [4.69, 9.17) is 4.74 Å². The Bertz CT molecular complexity index is 1060. The summed E-state index contributed by atoms with van der Waals surface area (Å²) in [5.41, 5.74) is 3.43. The van der Waals surface area contributed by atoms with E-state index in [2.05, 4.69) is 11.1 Å². The fourth-order valence-electron chi connectivity index (χ4n) is 4.01. The van der Waals surface area contributed by atoms with Gasteiger partial charge < -0.3 is 14.7 Å². The monoisotopic (exact) mass is 399 g/mol. The predicted octanol–water partition coefficient (Wildman–Crippen LogP) is 3.25. The van der Waals surface area contributed by atoms with Crippen molar-refractivity contribution < 1.29 is 14.6 Å². The Kier molecular flexibility index (Phi) is 5.46. The number of nitriles is 1. The average molecular weight is 399 g/mol. The maximum absolute atomic E-state index is 12.8. The molecular weight excluding hydrogens is 378 g/mol. The molecule has 3 atom stereocenters. The summed E-state index contributed by atoms with van der Waals surface area (Å²) in [6.07, 6.45) is 3.06. The molecule has 6 heteroatoms. The number of nitrogens with zero attached hydrogens (tertiary/aromatic N) is 3. The third-order valence-electron chi connectivity index (χ3n) is 5.59. The molecule has 6 nitrogen and oxygen atoms in total. The Labute approximate surface area is 175 Å². The van der Waals surface area contributed by atoms with E-state index in [9.17, 15) is 15.2 Å². The molecule has 2 heterocycles.